The van der Waals surface area contributed by atoms with Gasteiger partial charge in [0.05, 0.1) is 58.6 Å². The largest absolute Gasteiger partial charge is 0.311 e. The van der Waals surface area contributed by atoms with Crippen molar-refractivity contribution in [2.24, 2.45) is 0 Å². The Labute approximate surface area is 738 Å². The number of unbranched alkanes of at least 4 members (excludes halogenated alkanes) is 2. The molecule has 0 bridgehead atoms. The SMILES string of the molecule is C.CCCC[C@@H](C)c1nc(C)c(C(C)C)c(C(C)(C)C)n1.CCCC[C@H](C)c1nc(C)c(C(C)C)c(C(C)(C)C)n1.CN[C@@H](C)c1nc(C)c(C(C)C)c(C(C)(C)C)n1.Cc1nc([C@@H](C)CCC(C)F)nc(C(C)(C)C)c1C(C)C.Cc1nc([C@H](C)CCC(C)F)nc(C(C)(C)C)c1C(C)C.Cc1nc([C@H](C)N(C)C)nc(C(C)(C)C)c1C(C)C. The standard InChI is InChI=1S/2C18H31FN2.2C18H32N2.C16H29N3.C15H27N3.CH4/c2*1-11(2)15-14(5)20-17(12(3)9-10-13(4)19)21-16(15)18(6,7)8;2*1-9-10-11-13(4)17-19-14(5)15(12(2)3)16(20-17)18(6,7)8;1-10(2)13-11(3)17-15(12(4)19(8)9)18-14(13)16(5,6)7;1-9(2)12-10(3)17-14(11(4)16-8)18-13(12)15(5,6)7;/h2*11-13H,9-10H2,1-8H3;2*12-13H,9-11H2,1-8H3;10,12H,1-9H3;9,11,16H,1-8H3;1H4/t2*12-,13?;2*13-;12-;11-;/m101000./s1. The number of nitrogens with one attached hydrogen (secondary N) is 1. The van der Waals surface area contributed by atoms with Crippen molar-refractivity contribution in [1.82, 2.24) is 70.0 Å². The third-order valence-corrected chi connectivity index (χ3v) is 22.4. The van der Waals surface area contributed by atoms with Crippen LogP contribution in [0.1, 0.15) is 557 Å². The summed E-state index contributed by atoms with van der Waals surface area (Å²) in [5.41, 5.74) is 21.9. The topological polar surface area (TPSA) is 170 Å². The van der Waals surface area contributed by atoms with Gasteiger partial charge < -0.3 is 5.32 Å². The molecule has 6 aromatic heterocycles. The van der Waals surface area contributed by atoms with Crippen LogP contribution in [0, 0.1) is 41.5 Å². The van der Waals surface area contributed by atoms with Crippen LogP contribution in [0.25, 0.3) is 0 Å². The Morgan fingerprint density at radius 1 is 0.275 bits per heavy atom. The molecule has 0 saturated carbocycles. The van der Waals surface area contributed by atoms with Crippen molar-refractivity contribution in [3.8, 4) is 0 Å². The van der Waals surface area contributed by atoms with Crippen LogP contribution in [0.2, 0.25) is 0 Å². The van der Waals surface area contributed by atoms with Crippen LogP contribution in [0.15, 0.2) is 0 Å². The molecule has 0 spiro atoms. The van der Waals surface area contributed by atoms with Crippen LogP contribution in [-0.2, 0) is 32.5 Å². The van der Waals surface area contributed by atoms with Gasteiger partial charge in [-0.05, 0) is 198 Å². The van der Waals surface area contributed by atoms with Crippen LogP contribution < -0.4 is 5.32 Å². The quantitative estimate of drug-likeness (QED) is 0.0544. The highest BCUT2D eigenvalue weighted by atomic mass is 19.1. The predicted molar refractivity (Wildman–Crippen MR) is 516 cm³/mol. The first-order chi connectivity index (χ1) is 54.2. The van der Waals surface area contributed by atoms with E-state index in [-0.39, 0.29) is 63.8 Å². The minimum absolute atomic E-state index is 0. The number of aryl methyl sites for hydroxylation is 6. The number of hydrogen-bond donors (Lipinski definition) is 1. The smallest absolute Gasteiger partial charge is 0.145 e. The van der Waals surface area contributed by atoms with Gasteiger partial charge in [-0.25, -0.2) is 68.6 Å². The molecule has 0 fully saturated rings. The molecule has 8 atom stereocenters. The first-order valence-corrected chi connectivity index (χ1v) is 46.1. The number of alkyl halides is 2. The Hall–Kier alpha value is -5.74. The lowest BCUT2D eigenvalue weighted by Crippen LogP contribution is -2.25. The van der Waals surface area contributed by atoms with Crippen LogP contribution >= 0.6 is 0 Å². The van der Waals surface area contributed by atoms with Gasteiger partial charge in [-0.3, -0.25) is 4.90 Å². The van der Waals surface area contributed by atoms with Gasteiger partial charge in [0, 0.05) is 90.3 Å². The van der Waals surface area contributed by atoms with Crippen LogP contribution in [0.4, 0.5) is 8.78 Å². The Bertz CT molecular complexity index is 3850. The van der Waals surface area contributed by atoms with E-state index in [1.165, 1.54) is 106 Å². The van der Waals surface area contributed by atoms with Crippen molar-refractivity contribution in [2.75, 3.05) is 21.1 Å². The van der Waals surface area contributed by atoms with E-state index in [0.29, 0.717) is 60.2 Å². The Kier molecular flexibility index (Phi) is 46.9. The van der Waals surface area contributed by atoms with Crippen molar-refractivity contribution in [3.63, 3.8) is 0 Å². The monoisotopic (exact) mass is 1670 g/mol. The zero-order valence-electron chi connectivity index (χ0n) is 86.2. The summed E-state index contributed by atoms with van der Waals surface area (Å²) >= 11 is 0. The molecule has 2 unspecified atom stereocenters. The Morgan fingerprint density at radius 2 is 0.450 bits per heavy atom. The molecule has 0 aliphatic heterocycles. The fourth-order valence-corrected chi connectivity index (χ4v) is 15.3. The van der Waals surface area contributed by atoms with Crippen molar-refractivity contribution >= 4 is 0 Å². The van der Waals surface area contributed by atoms with Gasteiger partial charge in [0.15, 0.2) is 0 Å². The molecule has 0 aliphatic carbocycles. The van der Waals surface area contributed by atoms with Crippen molar-refractivity contribution < 1.29 is 8.78 Å². The highest BCUT2D eigenvalue weighted by molar-refractivity contribution is 5.39. The second-order valence-corrected chi connectivity index (χ2v) is 43.3. The summed E-state index contributed by atoms with van der Waals surface area (Å²) in [7, 11) is 6.07. The van der Waals surface area contributed by atoms with Crippen molar-refractivity contribution in [1.29, 1.82) is 0 Å². The summed E-state index contributed by atoms with van der Waals surface area (Å²) in [5, 5.41) is 3.21. The van der Waals surface area contributed by atoms with Crippen LogP contribution in [0.5, 0.6) is 0 Å². The lowest BCUT2D eigenvalue weighted by Gasteiger charge is -2.27. The lowest BCUT2D eigenvalue weighted by atomic mass is 9.84. The molecule has 1 N–H and O–H groups in total. The van der Waals surface area contributed by atoms with Gasteiger partial charge in [-0.2, -0.15) is 0 Å². The molecule has 0 radical (unpaired) electrons. The number of rotatable bonds is 26. The van der Waals surface area contributed by atoms with Crippen molar-refractivity contribution in [3.05, 3.63) is 137 Å². The maximum Gasteiger partial charge on any atom is 0.145 e. The molecule has 0 aromatic carbocycles. The highest BCUT2D eigenvalue weighted by Gasteiger charge is 2.33. The molecule has 686 valence electrons. The van der Waals surface area contributed by atoms with E-state index in [4.69, 9.17) is 54.8 Å². The summed E-state index contributed by atoms with van der Waals surface area (Å²) in [4.78, 5) is 60.0. The molecule has 6 heterocycles. The molecule has 0 aliphatic rings. The highest BCUT2D eigenvalue weighted by Crippen LogP contribution is 2.40. The molecule has 6 aromatic rings. The minimum atomic E-state index is -0.759. The zero-order chi connectivity index (χ0) is 92.8. The van der Waals surface area contributed by atoms with E-state index >= 15 is 0 Å². The fourth-order valence-electron chi connectivity index (χ4n) is 15.3. The molecular weight excluding hydrogens is 1480 g/mol. The second-order valence-electron chi connectivity index (χ2n) is 43.3. The summed E-state index contributed by atoms with van der Waals surface area (Å²) < 4.78 is 26.1. The number of hydrogen-bond acceptors (Lipinski definition) is 14. The summed E-state index contributed by atoms with van der Waals surface area (Å²) in [6.45, 7) is 99.8. The predicted octanol–water partition coefficient (Wildman–Crippen LogP) is 29.8. The van der Waals surface area contributed by atoms with Gasteiger partial charge in [0.2, 0.25) is 0 Å². The van der Waals surface area contributed by atoms with Crippen molar-refractivity contribution in [2.45, 2.75) is 506 Å². The number of aromatic nitrogens is 12. The third-order valence-electron chi connectivity index (χ3n) is 22.4. The number of nitrogens with zero attached hydrogens (tertiary/aromatic N) is 13. The van der Waals surface area contributed by atoms with Gasteiger partial charge >= 0.3 is 0 Å². The average Bonchev–Trinajstić information content (AvgIpc) is 0.827. The van der Waals surface area contributed by atoms with Crippen LogP contribution in [-0.4, -0.2) is 98.2 Å². The van der Waals surface area contributed by atoms with E-state index in [1.807, 2.05) is 7.05 Å². The molecule has 120 heavy (non-hydrogen) atoms. The average molecular weight is 1670 g/mol. The lowest BCUT2D eigenvalue weighted by molar-refractivity contribution is 0.306. The Morgan fingerprint density at radius 3 is 0.617 bits per heavy atom. The third kappa shape index (κ3) is 35.4. The molecule has 6 rings (SSSR count). The zero-order valence-corrected chi connectivity index (χ0v) is 86.2. The second kappa shape index (κ2) is 49.2. The van der Waals surface area contributed by atoms with E-state index in [1.54, 1.807) is 13.8 Å². The fraction of sp³-hybridized carbons (Fsp3) is 0.769. The molecule has 16 heteroatoms. The van der Waals surface area contributed by atoms with E-state index in [9.17, 15) is 8.78 Å². The molecule has 0 amide bonds. The van der Waals surface area contributed by atoms with Gasteiger partial charge in [0.25, 0.3) is 0 Å². The maximum absolute atomic E-state index is 13.1. The molecule has 0 saturated heterocycles. The first kappa shape index (κ1) is 114. The van der Waals surface area contributed by atoms with Gasteiger partial charge in [-0.1, -0.05) is 282 Å². The Balaban J connectivity index is 0.00000141. The summed E-state index contributed by atoms with van der Waals surface area (Å²) in [5.74, 6) is 9.61. The van der Waals surface area contributed by atoms with Crippen LogP contribution in [0.3, 0.4) is 0 Å². The normalized spacial score (nSPS) is 14.3. The maximum atomic E-state index is 13.1. The van der Waals surface area contributed by atoms with Gasteiger partial charge in [-0.15, -0.1) is 0 Å². The first-order valence-electron chi connectivity index (χ1n) is 46.1. The van der Waals surface area contributed by atoms with E-state index < -0.39 is 12.3 Å². The van der Waals surface area contributed by atoms with E-state index in [0.717, 1.165) is 82.0 Å². The number of halogens is 2. The van der Waals surface area contributed by atoms with Gasteiger partial charge in [0.1, 0.15) is 34.9 Å². The summed E-state index contributed by atoms with van der Waals surface area (Å²) in [6.07, 6.45) is 8.54. The molecular formula is C104H186F2N14. The molecule has 14 nitrogen and oxygen atoms in total. The summed E-state index contributed by atoms with van der Waals surface area (Å²) in [6, 6.07) is 0.423. The van der Waals surface area contributed by atoms with E-state index in [2.05, 4.69) is 334 Å². The minimum Gasteiger partial charge on any atom is -0.311 e.